The van der Waals surface area contributed by atoms with Gasteiger partial charge in [0.2, 0.25) is 26.9 Å². The Labute approximate surface area is 386 Å². The third-order valence-corrected chi connectivity index (χ3v) is 9.98. The summed E-state index contributed by atoms with van der Waals surface area (Å²) in [6.07, 6.45) is 22.5. The van der Waals surface area contributed by atoms with Gasteiger partial charge in [-0.3, -0.25) is 0 Å². The van der Waals surface area contributed by atoms with Crippen molar-refractivity contribution in [1.82, 2.24) is 19.9 Å². The first-order chi connectivity index (χ1) is 27.5. The minimum Gasteiger partial charge on any atom is -1.00 e. The third-order valence-electron chi connectivity index (χ3n) is 9.98. The fourth-order valence-electron chi connectivity index (χ4n) is 7.14. The molecule has 0 spiro atoms. The van der Waals surface area contributed by atoms with E-state index in [4.69, 9.17) is 19.9 Å². The van der Waals surface area contributed by atoms with E-state index in [1.165, 1.54) is 0 Å². The maximum absolute atomic E-state index is 9.79. The fourth-order valence-corrected chi connectivity index (χ4v) is 7.14. The molecule has 7 aromatic heterocycles. The van der Waals surface area contributed by atoms with Gasteiger partial charge in [-0.2, -0.15) is 18.3 Å². The molecule has 0 aliphatic carbocycles. The van der Waals surface area contributed by atoms with E-state index in [-0.39, 0.29) is 93.6 Å². The van der Waals surface area contributed by atoms with Gasteiger partial charge in [-0.15, -0.1) is 22.1 Å². The molecule has 17 heteroatoms. The SMILES string of the molecule is OC[n+]1ccc(-c2c3nc(c(-c4cc[n+](CO)cc4)c4ccc([n-]4)c(-c4cc[n+](CO)cc4)c4nc(c(-c5cc[n+](CO)cc5)c5ccc2[n-]5)C=C4)C=C3)cc1.[Cl-].[Cl-].[Cl-].[Cl-].[Cu+2]. The van der Waals surface area contributed by atoms with Gasteiger partial charge in [0.25, 0.3) is 0 Å². The van der Waals surface area contributed by atoms with Gasteiger partial charge in [0.05, 0.1) is 22.8 Å². The Hall–Kier alpha value is -5.28. The number of aliphatic hydroxyl groups is 4. The number of aromatic nitrogens is 8. The molecule has 2 aliphatic rings. The summed E-state index contributed by atoms with van der Waals surface area (Å²) in [6, 6.07) is 23.5. The van der Waals surface area contributed by atoms with Gasteiger partial charge in [0.15, 0.2) is 49.6 Å². The Morgan fingerprint density at radius 1 is 0.344 bits per heavy atom. The van der Waals surface area contributed by atoms with Gasteiger partial charge in [0.1, 0.15) is 0 Å². The molecule has 61 heavy (non-hydrogen) atoms. The van der Waals surface area contributed by atoms with Crippen LogP contribution in [-0.4, -0.2) is 30.4 Å². The van der Waals surface area contributed by atoms with E-state index in [0.717, 1.165) is 44.5 Å². The van der Waals surface area contributed by atoms with Crippen LogP contribution in [0.4, 0.5) is 0 Å². The van der Waals surface area contributed by atoms with Crippen LogP contribution in [0.5, 0.6) is 0 Å². The van der Waals surface area contributed by atoms with Gasteiger partial charge < -0.3 is 80.0 Å². The second kappa shape index (κ2) is 21.0. The van der Waals surface area contributed by atoms with Crippen molar-refractivity contribution in [2.45, 2.75) is 26.9 Å². The van der Waals surface area contributed by atoms with Crippen molar-refractivity contribution in [2.75, 3.05) is 0 Å². The number of pyridine rings is 4. The summed E-state index contributed by atoms with van der Waals surface area (Å²) in [6.45, 7) is -0.612. The normalized spacial score (nSPS) is 11.1. The number of hydrogen-bond acceptors (Lipinski definition) is 6. The standard InChI is InChI=1S/C44H36N8O4.4ClH.Cu/c53-25-49-17-9-29(10-18-49)41-33-1-2-34(45-33)42(30-11-19-50(26-54)20-12-30)36-5-6-38(47-36)44(32-15-23-52(28-56)24-16-32)40-8-7-39(48-40)43(37-4-3-35(41)46-37)31-13-21-51(27-55)22-14-31;;;;;/h1-24,53-56H,25-28H2;4*1H;/q+2;;;;;+2/p-4. The topological polar surface area (TPSA) is 150 Å². The molecular weight excluding hydrogens is 910 g/mol. The summed E-state index contributed by atoms with van der Waals surface area (Å²) in [5, 5.41) is 39.2. The first-order valence-electron chi connectivity index (χ1n) is 18.0. The molecule has 2 aliphatic heterocycles. The molecule has 0 aromatic carbocycles. The Kier molecular flexibility index (Phi) is 16.7. The van der Waals surface area contributed by atoms with E-state index in [1.807, 2.05) is 147 Å². The molecule has 0 saturated heterocycles. The minimum absolute atomic E-state index is 0. The molecule has 0 saturated carbocycles. The van der Waals surface area contributed by atoms with Crippen LogP contribution in [0.1, 0.15) is 22.8 Å². The maximum atomic E-state index is 9.79. The van der Waals surface area contributed by atoms with Crippen molar-refractivity contribution in [3.05, 3.63) is 145 Å². The molecular formula is C44H36Cl4CuN8O4. The summed E-state index contributed by atoms with van der Waals surface area (Å²) in [5.41, 5.74) is 12.3. The minimum atomic E-state index is -0.153. The quantitative estimate of drug-likeness (QED) is 0.0869. The Morgan fingerprint density at radius 3 is 0.721 bits per heavy atom. The van der Waals surface area contributed by atoms with E-state index < -0.39 is 0 Å². The Balaban J connectivity index is 0.00000164. The maximum Gasteiger partial charge on any atom is 2.00 e. The monoisotopic (exact) mass is 943 g/mol. The zero-order chi connectivity index (χ0) is 38.2. The average Bonchev–Trinajstić information content (AvgIpc) is 4.10. The summed E-state index contributed by atoms with van der Waals surface area (Å²) in [7, 11) is 0. The van der Waals surface area contributed by atoms with Crippen LogP contribution in [0.3, 0.4) is 0 Å². The van der Waals surface area contributed by atoms with E-state index in [2.05, 4.69) is 0 Å². The molecule has 12 nitrogen and oxygen atoms in total. The number of aliphatic hydroxyl groups excluding tert-OH is 4. The molecule has 7 aromatic rings. The van der Waals surface area contributed by atoms with E-state index in [0.29, 0.717) is 44.8 Å². The van der Waals surface area contributed by atoms with Gasteiger partial charge >= 0.3 is 17.1 Å². The van der Waals surface area contributed by atoms with Crippen LogP contribution in [-0.2, 0) is 44.0 Å². The van der Waals surface area contributed by atoms with Crippen molar-refractivity contribution in [2.24, 2.45) is 0 Å². The smallest absolute Gasteiger partial charge is 1.00 e. The zero-order valence-corrected chi connectivity index (χ0v) is 35.8. The first kappa shape index (κ1) is 48.4. The van der Waals surface area contributed by atoms with Crippen molar-refractivity contribution in [3.63, 3.8) is 0 Å². The number of rotatable bonds is 8. The second-order valence-corrected chi connectivity index (χ2v) is 13.3. The molecule has 0 unspecified atom stereocenters. The molecule has 9 rings (SSSR count). The van der Waals surface area contributed by atoms with Gasteiger partial charge in [-0.1, -0.05) is 24.3 Å². The molecule has 1 radical (unpaired) electrons. The average molecular weight is 946 g/mol. The van der Waals surface area contributed by atoms with Crippen molar-refractivity contribution in [3.8, 4) is 44.5 Å². The number of hydrogen-bond donors (Lipinski definition) is 4. The molecule has 8 bridgehead atoms. The van der Waals surface area contributed by atoms with Gasteiger partial charge in [-0.25, -0.2) is 9.97 Å². The predicted octanol–water partition coefficient (Wildman–Crippen LogP) is -8.46. The van der Waals surface area contributed by atoms with Crippen LogP contribution >= 0.6 is 0 Å². The van der Waals surface area contributed by atoms with Crippen molar-refractivity contribution < 1.29 is 105 Å². The number of halogens is 4. The van der Waals surface area contributed by atoms with E-state index >= 15 is 0 Å². The first-order valence-corrected chi connectivity index (χ1v) is 18.0. The Bertz CT molecular complexity index is 2470. The molecule has 0 amide bonds. The summed E-state index contributed by atoms with van der Waals surface area (Å²) in [4.78, 5) is 21.1. The van der Waals surface area contributed by atoms with E-state index in [1.54, 1.807) is 18.3 Å². The van der Waals surface area contributed by atoms with Crippen LogP contribution < -0.4 is 77.9 Å². The number of fused-ring (bicyclic) bond motifs is 8. The van der Waals surface area contributed by atoms with Crippen LogP contribution in [0, 0.1) is 0 Å². The van der Waals surface area contributed by atoms with Crippen molar-refractivity contribution in [1.29, 1.82) is 0 Å². The number of nitrogens with zero attached hydrogens (tertiary/aromatic N) is 8. The molecule has 4 N–H and O–H groups in total. The molecule has 0 atom stereocenters. The van der Waals surface area contributed by atoms with Gasteiger partial charge in [0, 0.05) is 48.5 Å². The third kappa shape index (κ3) is 9.47. The van der Waals surface area contributed by atoms with Crippen LogP contribution in [0.25, 0.3) is 90.9 Å². The summed E-state index contributed by atoms with van der Waals surface area (Å²) >= 11 is 0. The molecule has 0 fully saturated rings. The van der Waals surface area contributed by atoms with E-state index in [9.17, 15) is 20.4 Å². The molecule has 315 valence electrons. The second-order valence-electron chi connectivity index (χ2n) is 13.3. The largest absolute Gasteiger partial charge is 2.00 e. The molecule has 9 heterocycles. The predicted molar refractivity (Wildman–Crippen MR) is 208 cm³/mol. The summed E-state index contributed by atoms with van der Waals surface area (Å²) < 4.78 is 6.70. The summed E-state index contributed by atoms with van der Waals surface area (Å²) in [5.74, 6) is 0. The zero-order valence-electron chi connectivity index (χ0n) is 31.9. The van der Waals surface area contributed by atoms with Gasteiger partial charge in [-0.05, 0) is 68.8 Å². The van der Waals surface area contributed by atoms with Crippen molar-refractivity contribution >= 4 is 46.4 Å². The Morgan fingerprint density at radius 2 is 0.541 bits per heavy atom. The fraction of sp³-hybridized carbons (Fsp3) is 0.0909. The van der Waals surface area contributed by atoms with Crippen LogP contribution in [0.15, 0.2) is 122 Å². The van der Waals surface area contributed by atoms with Crippen LogP contribution in [0.2, 0.25) is 0 Å².